The maximum atomic E-state index is 12.6. The Kier molecular flexibility index (Phi) is 4.38. The molecular weight excluding hydrogens is 306 g/mol. The summed E-state index contributed by atoms with van der Waals surface area (Å²) in [5.41, 5.74) is -0.552. The van der Waals surface area contributed by atoms with Crippen LogP contribution >= 0.6 is 0 Å². The third-order valence-corrected chi connectivity index (χ3v) is 4.77. The number of hydrogen-bond acceptors (Lipinski definition) is 5. The Hall–Kier alpha value is -1.89. The number of anilines is 1. The van der Waals surface area contributed by atoms with Gasteiger partial charge in [-0.05, 0) is 40.2 Å². The highest BCUT2D eigenvalue weighted by Gasteiger charge is 2.46. The summed E-state index contributed by atoms with van der Waals surface area (Å²) >= 11 is 0. The fourth-order valence-corrected chi connectivity index (χ4v) is 3.59. The average molecular weight is 333 g/mol. The molecule has 2 fully saturated rings. The summed E-state index contributed by atoms with van der Waals surface area (Å²) in [6, 6.07) is 1.82. The van der Waals surface area contributed by atoms with Gasteiger partial charge in [-0.2, -0.15) is 0 Å². The quantitative estimate of drug-likeness (QED) is 0.891. The van der Waals surface area contributed by atoms with Gasteiger partial charge in [0.25, 0.3) is 0 Å². The van der Waals surface area contributed by atoms with Crippen LogP contribution in [0.25, 0.3) is 0 Å². The Labute approximate surface area is 143 Å². The molecule has 132 valence electrons. The normalized spacial score (nSPS) is 25.6. The maximum absolute atomic E-state index is 12.6. The number of rotatable bonds is 2. The van der Waals surface area contributed by atoms with Gasteiger partial charge in [-0.15, -0.1) is 0 Å². The first-order valence-electron chi connectivity index (χ1n) is 8.54. The zero-order valence-electron chi connectivity index (χ0n) is 15.0. The van der Waals surface area contributed by atoms with Crippen molar-refractivity contribution in [3.8, 4) is 0 Å². The molecule has 1 N–H and O–H groups in total. The minimum Gasteiger partial charge on any atom is -0.367 e. The van der Waals surface area contributed by atoms with Crippen LogP contribution in [-0.4, -0.2) is 64.3 Å². The molecule has 0 spiro atoms. The molecule has 2 saturated heterocycles. The number of nitrogens with one attached hydrogen (secondary N) is 1. The van der Waals surface area contributed by atoms with E-state index in [-0.39, 0.29) is 23.3 Å². The van der Waals surface area contributed by atoms with Crippen molar-refractivity contribution in [1.29, 1.82) is 0 Å². The van der Waals surface area contributed by atoms with Gasteiger partial charge in [0.1, 0.15) is 0 Å². The molecule has 0 bridgehead atoms. The van der Waals surface area contributed by atoms with Crippen LogP contribution in [0.4, 0.5) is 10.7 Å². The van der Waals surface area contributed by atoms with E-state index in [1.165, 1.54) is 0 Å². The van der Waals surface area contributed by atoms with Crippen LogP contribution in [0.15, 0.2) is 18.5 Å². The van der Waals surface area contributed by atoms with Crippen LogP contribution in [0.2, 0.25) is 0 Å². The number of nitrogens with zero attached hydrogens (tertiary/aromatic N) is 4. The number of amides is 2. The summed E-state index contributed by atoms with van der Waals surface area (Å²) in [6.45, 7) is 11.0. The number of urea groups is 1. The van der Waals surface area contributed by atoms with E-state index >= 15 is 0 Å². The van der Waals surface area contributed by atoms with Crippen molar-refractivity contribution in [3.05, 3.63) is 18.5 Å². The minimum absolute atomic E-state index is 0.0111. The van der Waals surface area contributed by atoms with Gasteiger partial charge >= 0.3 is 6.03 Å². The maximum Gasteiger partial charge on any atom is 0.317 e. The monoisotopic (exact) mass is 333 g/mol. The molecule has 3 rings (SSSR count). The van der Waals surface area contributed by atoms with Gasteiger partial charge in [0.15, 0.2) is 0 Å². The summed E-state index contributed by atoms with van der Waals surface area (Å²) in [5.74, 6) is 0.727. The molecule has 0 aliphatic carbocycles. The van der Waals surface area contributed by atoms with E-state index in [1.54, 1.807) is 18.5 Å². The molecule has 0 unspecified atom stereocenters. The van der Waals surface area contributed by atoms with E-state index in [2.05, 4.69) is 34.0 Å². The lowest BCUT2D eigenvalue weighted by molar-refractivity contribution is -0.0692. The zero-order valence-corrected chi connectivity index (χ0v) is 15.0. The standard InChI is InChI=1S/C17H27N5O2/c1-16(2)12-13(17(3,4)24-16)20-15(23)22-10-8-21(9-11-22)14-18-6-5-7-19-14/h5-7,13H,8-12H2,1-4H3,(H,20,23)/t13-/m0/s1. The van der Waals surface area contributed by atoms with E-state index in [1.807, 2.05) is 18.7 Å². The van der Waals surface area contributed by atoms with E-state index < -0.39 is 0 Å². The fraction of sp³-hybridized carbons (Fsp3) is 0.706. The molecule has 1 aromatic heterocycles. The van der Waals surface area contributed by atoms with Crippen LogP contribution in [-0.2, 0) is 4.74 Å². The van der Waals surface area contributed by atoms with Crippen molar-refractivity contribution in [2.75, 3.05) is 31.1 Å². The molecule has 1 aromatic rings. The highest BCUT2D eigenvalue weighted by Crippen LogP contribution is 2.37. The number of carbonyl (C=O) groups excluding carboxylic acids is 1. The van der Waals surface area contributed by atoms with Crippen molar-refractivity contribution in [3.63, 3.8) is 0 Å². The van der Waals surface area contributed by atoms with E-state index in [4.69, 9.17) is 4.74 Å². The Morgan fingerprint density at radius 2 is 1.79 bits per heavy atom. The van der Waals surface area contributed by atoms with Crippen molar-refractivity contribution < 1.29 is 9.53 Å². The van der Waals surface area contributed by atoms with Gasteiger partial charge in [-0.1, -0.05) is 0 Å². The van der Waals surface area contributed by atoms with Crippen LogP contribution in [0.5, 0.6) is 0 Å². The van der Waals surface area contributed by atoms with Crippen molar-refractivity contribution in [2.45, 2.75) is 51.4 Å². The largest absolute Gasteiger partial charge is 0.367 e. The number of carbonyl (C=O) groups is 1. The van der Waals surface area contributed by atoms with E-state index in [0.29, 0.717) is 13.1 Å². The molecule has 2 amide bonds. The lowest BCUT2D eigenvalue weighted by atomic mass is 9.94. The van der Waals surface area contributed by atoms with Crippen LogP contribution < -0.4 is 10.2 Å². The molecule has 0 aromatic carbocycles. The van der Waals surface area contributed by atoms with Crippen molar-refractivity contribution in [1.82, 2.24) is 20.2 Å². The lowest BCUT2D eigenvalue weighted by Gasteiger charge is -2.36. The summed E-state index contributed by atoms with van der Waals surface area (Å²) < 4.78 is 6.05. The molecule has 2 aliphatic heterocycles. The van der Waals surface area contributed by atoms with Gasteiger partial charge in [-0.25, -0.2) is 14.8 Å². The molecule has 3 heterocycles. The second kappa shape index (κ2) is 6.20. The van der Waals surface area contributed by atoms with E-state index in [0.717, 1.165) is 25.5 Å². The lowest BCUT2D eigenvalue weighted by Crippen LogP contribution is -2.56. The molecular formula is C17H27N5O2. The molecule has 1 atom stereocenters. The molecule has 0 saturated carbocycles. The van der Waals surface area contributed by atoms with Crippen LogP contribution in [0, 0.1) is 0 Å². The van der Waals surface area contributed by atoms with Crippen molar-refractivity contribution in [2.24, 2.45) is 0 Å². The zero-order chi connectivity index (χ0) is 17.4. The number of hydrogen-bond donors (Lipinski definition) is 1. The average Bonchev–Trinajstić information content (AvgIpc) is 2.75. The highest BCUT2D eigenvalue weighted by molar-refractivity contribution is 5.75. The van der Waals surface area contributed by atoms with Crippen LogP contribution in [0.3, 0.4) is 0 Å². The molecule has 0 radical (unpaired) electrons. The third kappa shape index (κ3) is 3.61. The summed E-state index contributed by atoms with van der Waals surface area (Å²) in [7, 11) is 0. The third-order valence-electron chi connectivity index (χ3n) is 4.77. The Bertz CT molecular complexity index is 582. The number of piperazine rings is 1. The second-order valence-electron chi connectivity index (χ2n) is 7.69. The second-order valence-corrected chi connectivity index (χ2v) is 7.69. The highest BCUT2D eigenvalue weighted by atomic mass is 16.5. The van der Waals surface area contributed by atoms with E-state index in [9.17, 15) is 4.79 Å². The Morgan fingerprint density at radius 3 is 2.33 bits per heavy atom. The summed E-state index contributed by atoms with van der Waals surface area (Å²) in [6.07, 6.45) is 4.31. The molecule has 7 heteroatoms. The number of aromatic nitrogens is 2. The number of ether oxygens (including phenoxy) is 1. The molecule has 24 heavy (non-hydrogen) atoms. The smallest absolute Gasteiger partial charge is 0.317 e. The Morgan fingerprint density at radius 1 is 1.17 bits per heavy atom. The summed E-state index contributed by atoms with van der Waals surface area (Å²) in [5, 5.41) is 3.16. The molecule has 7 nitrogen and oxygen atoms in total. The van der Waals surface area contributed by atoms with Gasteiger partial charge in [-0.3, -0.25) is 0 Å². The first kappa shape index (κ1) is 17.0. The summed E-state index contributed by atoms with van der Waals surface area (Å²) in [4.78, 5) is 25.1. The van der Waals surface area contributed by atoms with Gasteiger partial charge < -0.3 is 19.9 Å². The predicted octanol–water partition coefficient (Wildman–Crippen LogP) is 1.65. The molecule has 2 aliphatic rings. The van der Waals surface area contributed by atoms with Crippen molar-refractivity contribution >= 4 is 12.0 Å². The van der Waals surface area contributed by atoms with Gasteiger partial charge in [0.05, 0.1) is 17.2 Å². The van der Waals surface area contributed by atoms with Gasteiger partial charge in [0, 0.05) is 38.6 Å². The first-order valence-corrected chi connectivity index (χ1v) is 8.54. The Balaban J connectivity index is 1.54. The minimum atomic E-state index is -0.348. The topological polar surface area (TPSA) is 70.6 Å². The first-order chi connectivity index (χ1) is 11.3. The SMILES string of the molecule is CC1(C)C[C@H](NC(=O)N2CCN(c3ncccn3)CC2)C(C)(C)O1. The predicted molar refractivity (Wildman–Crippen MR) is 92.0 cm³/mol. The fourth-order valence-electron chi connectivity index (χ4n) is 3.59. The van der Waals surface area contributed by atoms with Crippen LogP contribution in [0.1, 0.15) is 34.1 Å². The van der Waals surface area contributed by atoms with Gasteiger partial charge in [0.2, 0.25) is 5.95 Å².